The molecule has 0 bridgehead atoms. The molecule has 0 N–H and O–H groups in total. The number of fused-ring (bicyclic) bond motifs is 1. The Kier molecular flexibility index (Phi) is 5.71. The van der Waals surface area contributed by atoms with E-state index in [9.17, 15) is 4.79 Å². The molecule has 3 aromatic rings. The molecule has 29 heavy (non-hydrogen) atoms. The van der Waals surface area contributed by atoms with Crippen LogP contribution in [0.1, 0.15) is 18.5 Å². The molecule has 1 aromatic heterocycles. The third kappa shape index (κ3) is 4.37. The number of aromatic nitrogens is 3. The SMILES string of the molecule is CC(c1ccc(-n2cncn2)cc1)N(C)C(=O)CSc1ccc2c(c1)OCCO2. The molecule has 0 aliphatic carbocycles. The number of thioether (sulfide) groups is 1. The highest BCUT2D eigenvalue weighted by Crippen LogP contribution is 2.34. The van der Waals surface area contributed by atoms with Gasteiger partial charge in [0, 0.05) is 11.9 Å². The number of carbonyl (C=O) groups is 1. The van der Waals surface area contributed by atoms with Gasteiger partial charge in [-0.2, -0.15) is 5.10 Å². The summed E-state index contributed by atoms with van der Waals surface area (Å²) in [5, 5.41) is 4.13. The maximum atomic E-state index is 12.7. The molecular weight excluding hydrogens is 388 g/mol. The minimum Gasteiger partial charge on any atom is -0.486 e. The summed E-state index contributed by atoms with van der Waals surface area (Å²) < 4.78 is 12.8. The van der Waals surface area contributed by atoms with Crippen molar-refractivity contribution in [1.29, 1.82) is 0 Å². The van der Waals surface area contributed by atoms with Gasteiger partial charge in [0.05, 0.1) is 17.5 Å². The molecule has 1 amide bonds. The maximum absolute atomic E-state index is 12.7. The summed E-state index contributed by atoms with van der Waals surface area (Å²) in [4.78, 5) is 19.4. The van der Waals surface area contributed by atoms with Crippen LogP contribution in [0.5, 0.6) is 11.5 Å². The van der Waals surface area contributed by atoms with Crippen molar-refractivity contribution in [1.82, 2.24) is 19.7 Å². The molecule has 1 aliphatic rings. The zero-order valence-electron chi connectivity index (χ0n) is 16.3. The van der Waals surface area contributed by atoms with E-state index < -0.39 is 0 Å². The lowest BCUT2D eigenvalue weighted by molar-refractivity contribution is -0.128. The second-order valence-electron chi connectivity index (χ2n) is 6.71. The Labute approximate surface area is 173 Å². The van der Waals surface area contributed by atoms with Crippen molar-refractivity contribution in [2.75, 3.05) is 26.0 Å². The van der Waals surface area contributed by atoms with Gasteiger partial charge in [-0.3, -0.25) is 4.79 Å². The van der Waals surface area contributed by atoms with Crippen molar-refractivity contribution in [3.05, 3.63) is 60.7 Å². The smallest absolute Gasteiger partial charge is 0.233 e. The first kappa shape index (κ1) is 19.3. The minimum atomic E-state index is -0.0341. The van der Waals surface area contributed by atoms with Crippen molar-refractivity contribution >= 4 is 17.7 Å². The summed E-state index contributed by atoms with van der Waals surface area (Å²) in [7, 11) is 1.84. The normalized spacial score (nSPS) is 13.7. The van der Waals surface area contributed by atoms with E-state index >= 15 is 0 Å². The van der Waals surface area contributed by atoms with E-state index in [1.165, 1.54) is 18.1 Å². The molecule has 150 valence electrons. The van der Waals surface area contributed by atoms with Crippen LogP contribution in [0.25, 0.3) is 5.69 Å². The van der Waals surface area contributed by atoms with Gasteiger partial charge in [0.15, 0.2) is 11.5 Å². The number of hydrogen-bond acceptors (Lipinski definition) is 6. The van der Waals surface area contributed by atoms with E-state index in [1.807, 2.05) is 56.4 Å². The van der Waals surface area contributed by atoms with Crippen LogP contribution < -0.4 is 9.47 Å². The van der Waals surface area contributed by atoms with Gasteiger partial charge in [-0.1, -0.05) is 12.1 Å². The molecule has 8 heteroatoms. The topological polar surface area (TPSA) is 69.5 Å². The number of nitrogens with zero attached hydrogens (tertiary/aromatic N) is 4. The van der Waals surface area contributed by atoms with Crippen molar-refractivity contribution < 1.29 is 14.3 Å². The lowest BCUT2D eigenvalue weighted by Crippen LogP contribution is -2.31. The maximum Gasteiger partial charge on any atom is 0.233 e. The zero-order valence-corrected chi connectivity index (χ0v) is 17.1. The Morgan fingerprint density at radius 1 is 1.17 bits per heavy atom. The first-order valence-corrected chi connectivity index (χ1v) is 10.3. The summed E-state index contributed by atoms with van der Waals surface area (Å²) in [6.07, 6.45) is 3.16. The minimum absolute atomic E-state index is 0.0341. The third-order valence-corrected chi connectivity index (χ3v) is 5.89. The molecule has 0 spiro atoms. The van der Waals surface area contributed by atoms with Gasteiger partial charge < -0.3 is 14.4 Å². The first-order valence-electron chi connectivity index (χ1n) is 9.35. The molecule has 0 saturated heterocycles. The lowest BCUT2D eigenvalue weighted by atomic mass is 10.1. The fourth-order valence-electron chi connectivity index (χ4n) is 3.05. The van der Waals surface area contributed by atoms with E-state index in [-0.39, 0.29) is 11.9 Å². The molecule has 2 aromatic carbocycles. The highest BCUT2D eigenvalue weighted by atomic mass is 32.2. The lowest BCUT2D eigenvalue weighted by Gasteiger charge is -2.25. The van der Waals surface area contributed by atoms with Crippen LogP contribution in [-0.4, -0.2) is 51.6 Å². The number of hydrogen-bond donors (Lipinski definition) is 0. The van der Waals surface area contributed by atoms with Crippen molar-refractivity contribution in [2.24, 2.45) is 0 Å². The molecular formula is C21H22N4O3S. The largest absolute Gasteiger partial charge is 0.486 e. The highest BCUT2D eigenvalue weighted by Gasteiger charge is 2.18. The van der Waals surface area contributed by atoms with Gasteiger partial charge >= 0.3 is 0 Å². The van der Waals surface area contributed by atoms with Crippen LogP contribution in [0, 0.1) is 0 Å². The summed E-state index contributed by atoms with van der Waals surface area (Å²) in [5.74, 6) is 1.92. The van der Waals surface area contributed by atoms with Crippen LogP contribution in [-0.2, 0) is 4.79 Å². The Morgan fingerprint density at radius 2 is 1.93 bits per heavy atom. The summed E-state index contributed by atoms with van der Waals surface area (Å²) in [6, 6.07) is 13.7. The number of benzene rings is 2. The first-order chi connectivity index (χ1) is 14.1. The van der Waals surface area contributed by atoms with Crippen LogP contribution >= 0.6 is 11.8 Å². The van der Waals surface area contributed by atoms with E-state index in [4.69, 9.17) is 9.47 Å². The second-order valence-corrected chi connectivity index (χ2v) is 7.76. The molecule has 2 heterocycles. The fourth-order valence-corrected chi connectivity index (χ4v) is 3.90. The Morgan fingerprint density at radius 3 is 2.66 bits per heavy atom. The Balaban J connectivity index is 1.36. The van der Waals surface area contributed by atoms with Crippen molar-refractivity contribution in [2.45, 2.75) is 17.9 Å². The van der Waals surface area contributed by atoms with E-state index in [1.54, 1.807) is 15.9 Å². The van der Waals surface area contributed by atoms with Crippen LogP contribution in [0.2, 0.25) is 0 Å². The number of rotatable bonds is 6. The van der Waals surface area contributed by atoms with Gasteiger partial charge in [-0.15, -0.1) is 11.8 Å². The van der Waals surface area contributed by atoms with Crippen LogP contribution in [0.4, 0.5) is 0 Å². The summed E-state index contributed by atoms with van der Waals surface area (Å²) in [6.45, 7) is 3.15. The number of amides is 1. The van der Waals surface area contributed by atoms with Gasteiger partial charge in [-0.25, -0.2) is 9.67 Å². The summed E-state index contributed by atoms with van der Waals surface area (Å²) >= 11 is 1.50. The number of carbonyl (C=O) groups excluding carboxylic acids is 1. The highest BCUT2D eigenvalue weighted by molar-refractivity contribution is 8.00. The van der Waals surface area contributed by atoms with Gasteiger partial charge in [0.2, 0.25) is 5.91 Å². The molecule has 1 atom stereocenters. The van der Waals surface area contributed by atoms with Crippen molar-refractivity contribution in [3.63, 3.8) is 0 Å². The van der Waals surface area contributed by atoms with Crippen LogP contribution in [0.3, 0.4) is 0 Å². The van der Waals surface area contributed by atoms with E-state index in [0.717, 1.165) is 27.6 Å². The van der Waals surface area contributed by atoms with Gasteiger partial charge in [-0.05, 0) is 42.8 Å². The molecule has 0 fully saturated rings. The number of ether oxygens (including phenoxy) is 2. The summed E-state index contributed by atoms with van der Waals surface area (Å²) in [5.41, 5.74) is 2.00. The van der Waals surface area contributed by atoms with Gasteiger partial charge in [0.1, 0.15) is 25.9 Å². The standard InChI is InChI=1S/C21H22N4O3S/c1-15(16-3-5-17(6-4-16)25-14-22-13-23-25)24(2)21(26)12-29-18-7-8-19-20(11-18)28-10-9-27-19/h3-8,11,13-15H,9-10,12H2,1-2H3. The average Bonchev–Trinajstić information content (AvgIpc) is 3.31. The predicted octanol–water partition coefficient (Wildman–Crippen LogP) is 3.35. The van der Waals surface area contributed by atoms with Gasteiger partial charge in [0.25, 0.3) is 0 Å². The molecule has 4 rings (SSSR count). The van der Waals surface area contributed by atoms with Crippen molar-refractivity contribution in [3.8, 4) is 17.2 Å². The zero-order chi connectivity index (χ0) is 20.2. The van der Waals surface area contributed by atoms with Crippen LogP contribution in [0.15, 0.2) is 60.0 Å². The molecule has 7 nitrogen and oxygen atoms in total. The fraction of sp³-hybridized carbons (Fsp3) is 0.286. The molecule has 1 unspecified atom stereocenters. The third-order valence-electron chi connectivity index (χ3n) is 4.91. The average molecular weight is 410 g/mol. The molecule has 0 saturated carbocycles. The monoisotopic (exact) mass is 410 g/mol. The Bertz CT molecular complexity index is 976. The second kappa shape index (κ2) is 8.57. The van der Waals surface area contributed by atoms with E-state index in [0.29, 0.717) is 19.0 Å². The Hall–Kier alpha value is -3.00. The van der Waals surface area contributed by atoms with E-state index in [2.05, 4.69) is 10.1 Å². The molecule has 0 radical (unpaired) electrons. The predicted molar refractivity (Wildman–Crippen MR) is 111 cm³/mol. The quantitative estimate of drug-likeness (QED) is 0.581. The molecule has 1 aliphatic heterocycles.